The molecule has 4 aromatic rings. The average Bonchev–Trinajstić information content (AvgIpc) is 2.95. The van der Waals surface area contributed by atoms with Crippen LogP contribution in [0.25, 0.3) is 26.9 Å². The molecule has 4 nitrogen and oxygen atoms in total. The maximum absolute atomic E-state index is 13.5. The van der Waals surface area contributed by atoms with Crippen molar-refractivity contribution in [1.82, 2.24) is 14.5 Å². The number of aryl methyl sites for hydroxylation is 1. The zero-order valence-corrected chi connectivity index (χ0v) is 15.9. The second kappa shape index (κ2) is 5.86. The van der Waals surface area contributed by atoms with Gasteiger partial charge < -0.3 is 4.98 Å². The molecular weight excluding hydrogens is 362 g/mol. The third kappa shape index (κ3) is 2.29. The second-order valence-electron chi connectivity index (χ2n) is 6.85. The molecule has 3 aromatic heterocycles. The van der Waals surface area contributed by atoms with Crippen molar-refractivity contribution in [1.29, 1.82) is 0 Å². The lowest BCUT2D eigenvalue weighted by Crippen LogP contribution is -2.28. The Labute approximate surface area is 159 Å². The van der Waals surface area contributed by atoms with E-state index < -0.39 is 0 Å². The minimum absolute atomic E-state index is 0.0740. The molecule has 1 fully saturated rings. The van der Waals surface area contributed by atoms with Gasteiger partial charge in [0.25, 0.3) is 5.56 Å². The van der Waals surface area contributed by atoms with E-state index in [0.717, 1.165) is 34.6 Å². The van der Waals surface area contributed by atoms with Gasteiger partial charge in [0.1, 0.15) is 21.7 Å². The summed E-state index contributed by atoms with van der Waals surface area (Å²) in [5.74, 6) is 1.17. The third-order valence-corrected chi connectivity index (χ3v) is 6.54. The summed E-state index contributed by atoms with van der Waals surface area (Å²) in [6.45, 7) is 2.05. The Balaban J connectivity index is 1.94. The smallest absolute Gasteiger partial charge is 0.269 e. The van der Waals surface area contributed by atoms with Crippen LogP contribution >= 0.6 is 23.6 Å². The molecule has 0 radical (unpaired) electrons. The molecule has 130 valence electrons. The van der Waals surface area contributed by atoms with E-state index in [9.17, 15) is 4.79 Å². The molecule has 0 saturated heterocycles. The maximum Gasteiger partial charge on any atom is 0.269 e. The number of thiophene rings is 1. The highest BCUT2D eigenvalue weighted by Gasteiger charge is 2.27. The quantitative estimate of drug-likeness (QED) is 0.485. The highest BCUT2D eigenvalue weighted by Crippen LogP contribution is 2.36. The van der Waals surface area contributed by atoms with E-state index in [0.29, 0.717) is 21.5 Å². The number of pyridine rings is 1. The predicted molar refractivity (Wildman–Crippen MR) is 109 cm³/mol. The largest absolute Gasteiger partial charge is 0.331 e. The zero-order chi connectivity index (χ0) is 17.8. The van der Waals surface area contributed by atoms with Gasteiger partial charge in [0.2, 0.25) is 0 Å². The molecule has 1 saturated carbocycles. The van der Waals surface area contributed by atoms with E-state index in [4.69, 9.17) is 17.2 Å². The first-order valence-corrected chi connectivity index (χ1v) is 10.0. The van der Waals surface area contributed by atoms with Crippen LogP contribution in [-0.4, -0.2) is 14.5 Å². The fourth-order valence-corrected chi connectivity index (χ4v) is 4.94. The molecule has 0 amide bonds. The Kier molecular flexibility index (Phi) is 3.58. The van der Waals surface area contributed by atoms with Crippen LogP contribution in [0.3, 0.4) is 0 Å². The summed E-state index contributed by atoms with van der Waals surface area (Å²) in [7, 11) is 0. The molecule has 5 rings (SSSR count). The zero-order valence-electron chi connectivity index (χ0n) is 14.3. The number of para-hydroxylation sites is 1. The van der Waals surface area contributed by atoms with Gasteiger partial charge in [0, 0.05) is 16.2 Å². The van der Waals surface area contributed by atoms with Gasteiger partial charge in [-0.25, -0.2) is 4.98 Å². The van der Waals surface area contributed by atoms with Gasteiger partial charge in [-0.1, -0.05) is 36.8 Å². The van der Waals surface area contributed by atoms with Gasteiger partial charge in [-0.3, -0.25) is 9.36 Å². The van der Waals surface area contributed by atoms with Crippen LogP contribution in [0.5, 0.6) is 0 Å². The Hall–Kier alpha value is -2.31. The molecule has 1 aliphatic carbocycles. The number of rotatable bonds is 2. The molecule has 0 unspecified atom stereocenters. The molecule has 1 aliphatic rings. The fourth-order valence-electron chi connectivity index (χ4n) is 3.62. The average molecular weight is 380 g/mol. The summed E-state index contributed by atoms with van der Waals surface area (Å²) in [5, 5.41) is 1.45. The fraction of sp³-hybridized carbons (Fsp3) is 0.250. The number of nitrogens with one attached hydrogen (secondary N) is 1. The summed E-state index contributed by atoms with van der Waals surface area (Å²) in [6, 6.07) is 11.8. The Bertz CT molecular complexity index is 1260. The molecule has 3 heterocycles. The van der Waals surface area contributed by atoms with Crippen molar-refractivity contribution in [3.63, 3.8) is 0 Å². The van der Waals surface area contributed by atoms with Crippen molar-refractivity contribution in [2.24, 2.45) is 0 Å². The summed E-state index contributed by atoms with van der Waals surface area (Å²) < 4.78 is 2.36. The summed E-state index contributed by atoms with van der Waals surface area (Å²) in [4.78, 5) is 23.9. The molecule has 26 heavy (non-hydrogen) atoms. The first kappa shape index (κ1) is 15.9. The Morgan fingerprint density at radius 2 is 2.04 bits per heavy atom. The SMILES string of the molecule is Cc1cc2c(=S)c3c(=O)n(-c4ccccc4)c(C4CCC4)nc3[nH]c2s1. The number of benzene rings is 1. The van der Waals surface area contributed by atoms with Crippen LogP contribution in [-0.2, 0) is 0 Å². The number of H-pyrrole nitrogens is 1. The van der Waals surface area contributed by atoms with Gasteiger partial charge in [0.05, 0.1) is 10.2 Å². The molecular formula is C20H17N3OS2. The van der Waals surface area contributed by atoms with Gasteiger partial charge in [0.15, 0.2) is 0 Å². The van der Waals surface area contributed by atoms with E-state index >= 15 is 0 Å². The van der Waals surface area contributed by atoms with E-state index in [1.54, 1.807) is 15.9 Å². The van der Waals surface area contributed by atoms with Gasteiger partial charge >= 0.3 is 0 Å². The topological polar surface area (TPSA) is 50.7 Å². The van der Waals surface area contributed by atoms with Crippen LogP contribution in [0.2, 0.25) is 0 Å². The van der Waals surface area contributed by atoms with E-state index in [-0.39, 0.29) is 5.56 Å². The third-order valence-electron chi connectivity index (χ3n) is 5.15. The predicted octanol–water partition coefficient (Wildman–Crippen LogP) is 5.23. The Morgan fingerprint density at radius 3 is 2.73 bits per heavy atom. The lowest BCUT2D eigenvalue weighted by molar-refractivity contribution is 0.394. The highest BCUT2D eigenvalue weighted by molar-refractivity contribution is 7.72. The maximum atomic E-state index is 13.5. The number of hydrogen-bond acceptors (Lipinski definition) is 4. The van der Waals surface area contributed by atoms with Gasteiger partial charge in [-0.05, 0) is 38.0 Å². The van der Waals surface area contributed by atoms with Crippen molar-refractivity contribution >= 4 is 44.8 Å². The lowest BCUT2D eigenvalue weighted by Gasteiger charge is -2.27. The van der Waals surface area contributed by atoms with E-state index in [1.807, 2.05) is 43.3 Å². The number of nitrogens with zero attached hydrogens (tertiary/aromatic N) is 2. The summed E-state index contributed by atoms with van der Waals surface area (Å²) in [6.07, 6.45) is 3.34. The van der Waals surface area contributed by atoms with Gasteiger partial charge in [-0.15, -0.1) is 11.3 Å². The van der Waals surface area contributed by atoms with Crippen molar-refractivity contribution in [2.75, 3.05) is 0 Å². The molecule has 6 heteroatoms. The van der Waals surface area contributed by atoms with Crippen molar-refractivity contribution < 1.29 is 0 Å². The molecule has 1 N–H and O–H groups in total. The second-order valence-corrected chi connectivity index (χ2v) is 8.52. The number of hydrogen-bond donors (Lipinski definition) is 1. The molecule has 0 spiro atoms. The van der Waals surface area contributed by atoms with Crippen molar-refractivity contribution in [3.05, 3.63) is 62.0 Å². The minimum atomic E-state index is -0.0740. The first-order valence-electron chi connectivity index (χ1n) is 8.78. The Morgan fingerprint density at radius 1 is 1.27 bits per heavy atom. The van der Waals surface area contributed by atoms with Crippen LogP contribution in [0.1, 0.15) is 35.9 Å². The first-order chi connectivity index (χ1) is 12.6. The van der Waals surface area contributed by atoms with Crippen LogP contribution in [0, 0.1) is 11.4 Å². The minimum Gasteiger partial charge on any atom is -0.331 e. The van der Waals surface area contributed by atoms with Crippen LogP contribution in [0.15, 0.2) is 41.2 Å². The monoisotopic (exact) mass is 379 g/mol. The van der Waals surface area contributed by atoms with Crippen LogP contribution < -0.4 is 5.56 Å². The summed E-state index contributed by atoms with van der Waals surface area (Å²) in [5.41, 5.74) is 1.39. The number of fused-ring (bicyclic) bond motifs is 2. The number of aromatic nitrogens is 3. The molecule has 0 atom stereocenters. The van der Waals surface area contributed by atoms with E-state index in [2.05, 4.69) is 4.98 Å². The highest BCUT2D eigenvalue weighted by atomic mass is 32.1. The summed E-state index contributed by atoms with van der Waals surface area (Å²) >= 11 is 7.34. The van der Waals surface area contributed by atoms with Crippen molar-refractivity contribution in [3.8, 4) is 5.69 Å². The molecule has 0 aliphatic heterocycles. The normalized spacial score (nSPS) is 14.8. The van der Waals surface area contributed by atoms with Crippen LogP contribution in [0.4, 0.5) is 0 Å². The van der Waals surface area contributed by atoms with Gasteiger partial charge in [-0.2, -0.15) is 0 Å². The van der Waals surface area contributed by atoms with Crippen molar-refractivity contribution in [2.45, 2.75) is 32.1 Å². The number of aromatic amines is 1. The standard InChI is InChI=1S/C20H17N3OS2/c1-11-10-14-16(25)15-17(22-19(14)26-11)21-18(12-6-5-7-12)23(20(15)24)13-8-3-2-4-9-13/h2-4,8-10,12H,5-7H2,1H3,(H,22,25). The van der Waals surface area contributed by atoms with E-state index in [1.165, 1.54) is 11.3 Å². The molecule has 0 bridgehead atoms. The lowest BCUT2D eigenvalue weighted by atomic mass is 9.84. The molecule has 1 aromatic carbocycles.